The van der Waals surface area contributed by atoms with E-state index < -0.39 is 11.4 Å². The standard InChI is InChI=1S/C14H18O3/c1-5-10-6-8-11(9-7-10)12(15)14(2,3)13(16)17-4/h6-9H,5H2,1-4H3. The van der Waals surface area contributed by atoms with Gasteiger partial charge in [0.15, 0.2) is 5.78 Å². The number of esters is 1. The normalized spacial score (nSPS) is 11.1. The third-order valence-corrected chi connectivity index (χ3v) is 2.89. The van der Waals surface area contributed by atoms with Crippen LogP contribution in [0.5, 0.6) is 0 Å². The second kappa shape index (κ2) is 5.13. The Labute approximate surface area is 102 Å². The molecule has 3 heteroatoms. The smallest absolute Gasteiger partial charge is 0.319 e. The summed E-state index contributed by atoms with van der Waals surface area (Å²) in [6.45, 7) is 5.21. The molecule has 0 radical (unpaired) electrons. The Kier molecular flexibility index (Phi) is 4.05. The summed E-state index contributed by atoms with van der Waals surface area (Å²) in [6, 6.07) is 7.32. The maximum atomic E-state index is 12.2. The Hall–Kier alpha value is -1.64. The number of ether oxygens (including phenoxy) is 1. The van der Waals surface area contributed by atoms with Crippen molar-refractivity contribution >= 4 is 11.8 Å². The molecule has 0 heterocycles. The second-order valence-electron chi connectivity index (χ2n) is 4.50. The van der Waals surface area contributed by atoms with Crippen molar-refractivity contribution in [3.05, 3.63) is 35.4 Å². The fraction of sp³-hybridized carbons (Fsp3) is 0.429. The summed E-state index contributed by atoms with van der Waals surface area (Å²) in [5.41, 5.74) is 0.567. The maximum Gasteiger partial charge on any atom is 0.319 e. The molecule has 92 valence electrons. The zero-order valence-electron chi connectivity index (χ0n) is 10.7. The minimum Gasteiger partial charge on any atom is -0.468 e. The average molecular weight is 234 g/mol. The number of carbonyl (C=O) groups is 2. The van der Waals surface area contributed by atoms with Gasteiger partial charge in [0.05, 0.1) is 7.11 Å². The van der Waals surface area contributed by atoms with Crippen LogP contribution in [0.25, 0.3) is 0 Å². The lowest BCUT2D eigenvalue weighted by Gasteiger charge is -2.19. The van der Waals surface area contributed by atoms with Gasteiger partial charge in [0.25, 0.3) is 0 Å². The quantitative estimate of drug-likeness (QED) is 0.457. The Bertz CT molecular complexity index is 416. The molecule has 0 N–H and O–H groups in total. The third kappa shape index (κ3) is 2.73. The minimum atomic E-state index is -1.14. The molecule has 0 unspecified atom stereocenters. The van der Waals surface area contributed by atoms with Gasteiger partial charge in [-0.05, 0) is 25.8 Å². The molecule has 0 aliphatic heterocycles. The Morgan fingerprint density at radius 2 is 1.71 bits per heavy atom. The summed E-state index contributed by atoms with van der Waals surface area (Å²) in [7, 11) is 1.29. The first kappa shape index (κ1) is 13.4. The Balaban J connectivity index is 2.99. The van der Waals surface area contributed by atoms with Crippen LogP contribution in [0.3, 0.4) is 0 Å². The molecule has 1 aromatic rings. The van der Waals surface area contributed by atoms with Gasteiger partial charge in [-0.2, -0.15) is 0 Å². The van der Waals surface area contributed by atoms with Crippen molar-refractivity contribution in [2.45, 2.75) is 27.2 Å². The molecular weight excluding hydrogens is 216 g/mol. The van der Waals surface area contributed by atoms with Crippen LogP contribution in [0.4, 0.5) is 0 Å². The van der Waals surface area contributed by atoms with Crippen molar-refractivity contribution in [3.63, 3.8) is 0 Å². The molecule has 0 saturated heterocycles. The van der Waals surface area contributed by atoms with Gasteiger partial charge in [-0.1, -0.05) is 31.2 Å². The highest BCUT2D eigenvalue weighted by atomic mass is 16.5. The fourth-order valence-electron chi connectivity index (χ4n) is 1.60. The van der Waals surface area contributed by atoms with Crippen molar-refractivity contribution in [1.29, 1.82) is 0 Å². The summed E-state index contributed by atoms with van der Waals surface area (Å²) in [4.78, 5) is 23.7. The fourth-order valence-corrected chi connectivity index (χ4v) is 1.60. The number of aryl methyl sites for hydroxylation is 1. The highest BCUT2D eigenvalue weighted by Crippen LogP contribution is 2.23. The Morgan fingerprint density at radius 1 is 1.18 bits per heavy atom. The van der Waals surface area contributed by atoms with E-state index in [-0.39, 0.29) is 5.78 Å². The van der Waals surface area contributed by atoms with Gasteiger partial charge in [0.1, 0.15) is 5.41 Å². The van der Waals surface area contributed by atoms with Crippen molar-refractivity contribution in [2.24, 2.45) is 5.41 Å². The summed E-state index contributed by atoms with van der Waals surface area (Å²) in [5, 5.41) is 0. The minimum absolute atomic E-state index is 0.216. The molecule has 0 atom stereocenters. The van der Waals surface area contributed by atoms with E-state index >= 15 is 0 Å². The van der Waals surface area contributed by atoms with E-state index in [0.717, 1.165) is 12.0 Å². The summed E-state index contributed by atoms with van der Waals surface area (Å²) >= 11 is 0. The van der Waals surface area contributed by atoms with Crippen LogP contribution in [-0.4, -0.2) is 18.9 Å². The predicted octanol–water partition coefficient (Wildman–Crippen LogP) is 2.63. The molecule has 0 saturated carbocycles. The van der Waals surface area contributed by atoms with E-state index in [9.17, 15) is 9.59 Å². The van der Waals surface area contributed by atoms with Crippen molar-refractivity contribution in [1.82, 2.24) is 0 Å². The van der Waals surface area contributed by atoms with Crippen LogP contribution >= 0.6 is 0 Å². The van der Waals surface area contributed by atoms with Gasteiger partial charge in [-0.3, -0.25) is 9.59 Å². The third-order valence-electron chi connectivity index (χ3n) is 2.89. The topological polar surface area (TPSA) is 43.4 Å². The number of methoxy groups -OCH3 is 1. The molecule has 3 nitrogen and oxygen atoms in total. The van der Waals surface area contributed by atoms with Crippen molar-refractivity contribution in [3.8, 4) is 0 Å². The van der Waals surface area contributed by atoms with E-state index in [4.69, 9.17) is 0 Å². The molecule has 0 bridgehead atoms. The van der Waals surface area contributed by atoms with E-state index in [2.05, 4.69) is 11.7 Å². The molecule has 1 rings (SSSR count). The molecule has 0 spiro atoms. The number of hydrogen-bond acceptors (Lipinski definition) is 3. The maximum absolute atomic E-state index is 12.2. The SMILES string of the molecule is CCc1ccc(C(=O)C(C)(C)C(=O)OC)cc1. The number of ketones is 1. The summed E-state index contributed by atoms with van der Waals surface area (Å²) in [5.74, 6) is -0.728. The first-order chi connectivity index (χ1) is 7.93. The predicted molar refractivity (Wildman–Crippen MR) is 65.9 cm³/mol. The van der Waals surface area contributed by atoms with E-state index in [1.165, 1.54) is 7.11 Å². The largest absolute Gasteiger partial charge is 0.468 e. The highest BCUT2D eigenvalue weighted by Gasteiger charge is 2.37. The van der Waals surface area contributed by atoms with Crippen LogP contribution in [0.15, 0.2) is 24.3 Å². The van der Waals surface area contributed by atoms with Crippen molar-refractivity contribution in [2.75, 3.05) is 7.11 Å². The van der Waals surface area contributed by atoms with E-state index in [1.807, 2.05) is 12.1 Å². The van der Waals surface area contributed by atoms with Gasteiger partial charge < -0.3 is 4.74 Å². The van der Waals surface area contributed by atoms with Crippen LogP contribution < -0.4 is 0 Å². The first-order valence-corrected chi connectivity index (χ1v) is 5.65. The van der Waals surface area contributed by atoms with Gasteiger partial charge in [0.2, 0.25) is 0 Å². The van der Waals surface area contributed by atoms with Gasteiger partial charge in [0, 0.05) is 5.56 Å². The monoisotopic (exact) mass is 234 g/mol. The van der Waals surface area contributed by atoms with Crippen LogP contribution in [-0.2, 0) is 16.0 Å². The summed E-state index contributed by atoms with van der Waals surface area (Å²) < 4.78 is 4.64. The molecule has 17 heavy (non-hydrogen) atoms. The van der Waals surface area contributed by atoms with E-state index in [0.29, 0.717) is 5.56 Å². The zero-order chi connectivity index (χ0) is 13.1. The average Bonchev–Trinajstić information content (AvgIpc) is 2.36. The van der Waals surface area contributed by atoms with Gasteiger partial charge in [-0.15, -0.1) is 0 Å². The lowest BCUT2D eigenvalue weighted by molar-refractivity contribution is -0.147. The zero-order valence-corrected chi connectivity index (χ0v) is 10.7. The lowest BCUT2D eigenvalue weighted by atomic mass is 9.84. The number of hydrogen-bond donors (Lipinski definition) is 0. The highest BCUT2D eigenvalue weighted by molar-refractivity contribution is 6.11. The van der Waals surface area contributed by atoms with Gasteiger partial charge in [-0.25, -0.2) is 0 Å². The van der Waals surface area contributed by atoms with Gasteiger partial charge >= 0.3 is 5.97 Å². The van der Waals surface area contributed by atoms with E-state index in [1.54, 1.807) is 26.0 Å². The number of benzene rings is 1. The first-order valence-electron chi connectivity index (χ1n) is 5.65. The lowest BCUT2D eigenvalue weighted by Crippen LogP contribution is -2.34. The molecular formula is C14H18O3. The molecule has 0 amide bonds. The molecule has 0 aromatic heterocycles. The Morgan fingerprint density at radius 3 is 2.12 bits per heavy atom. The van der Waals surface area contributed by atoms with Crippen LogP contribution in [0.1, 0.15) is 36.7 Å². The number of Topliss-reactive ketones (excluding diaryl/α,β-unsaturated/α-hetero) is 1. The van der Waals surface area contributed by atoms with Crippen LogP contribution in [0.2, 0.25) is 0 Å². The number of carbonyl (C=O) groups excluding carboxylic acids is 2. The summed E-state index contributed by atoms with van der Waals surface area (Å²) in [6.07, 6.45) is 0.925. The number of rotatable bonds is 4. The molecule has 0 aliphatic carbocycles. The molecule has 0 aliphatic rings. The van der Waals surface area contributed by atoms with Crippen LogP contribution in [0, 0.1) is 5.41 Å². The molecule has 1 aromatic carbocycles. The molecule has 0 fully saturated rings. The van der Waals surface area contributed by atoms with Crippen molar-refractivity contribution < 1.29 is 14.3 Å². The second-order valence-corrected chi connectivity index (χ2v) is 4.50.